The molecule has 1 saturated carbocycles. The van der Waals surface area contributed by atoms with Crippen LogP contribution in [0.1, 0.15) is 66.9 Å². The van der Waals surface area contributed by atoms with Crippen molar-refractivity contribution in [2.24, 2.45) is 5.92 Å². The lowest BCUT2D eigenvalue weighted by molar-refractivity contribution is 0.300. The summed E-state index contributed by atoms with van der Waals surface area (Å²) < 4.78 is 2.45. The maximum Gasteiger partial charge on any atom is 0.160 e. The molecular formula is C27H28N4. The van der Waals surface area contributed by atoms with Gasteiger partial charge in [-0.15, -0.1) is 0 Å². The lowest BCUT2D eigenvalue weighted by atomic mass is 9.74. The van der Waals surface area contributed by atoms with Crippen LogP contribution in [-0.4, -0.2) is 14.5 Å². The lowest BCUT2D eigenvalue weighted by Crippen LogP contribution is -2.27. The van der Waals surface area contributed by atoms with Gasteiger partial charge in [-0.25, -0.2) is 9.97 Å². The predicted octanol–water partition coefficient (Wildman–Crippen LogP) is 6.24. The largest absolute Gasteiger partial charge is 0.309 e. The third kappa shape index (κ3) is 3.29. The second kappa shape index (κ2) is 7.81. The Bertz CT molecular complexity index is 1270. The standard InChI is InChI=1S/C27H28N4/c1-4-25-30-26-17(2)14-18(3)29-27(26)31(25)24-11-7-9-19-15-20(12-13-23(19)24)22-10-6-5-8-21(22)16-28/h5-6,8,10,12,14-15,23-24H,4,7,9,11,13H2,1-3H3. The zero-order valence-electron chi connectivity index (χ0n) is 18.5. The maximum absolute atomic E-state index is 9.54. The number of allylic oxidation sites excluding steroid dienone is 4. The van der Waals surface area contributed by atoms with Gasteiger partial charge < -0.3 is 4.57 Å². The second-order valence-corrected chi connectivity index (χ2v) is 8.84. The van der Waals surface area contributed by atoms with E-state index in [1.54, 1.807) is 0 Å². The first kappa shape index (κ1) is 19.8. The molecule has 3 aromatic rings. The number of aryl methyl sites for hydroxylation is 3. The molecule has 2 unspecified atom stereocenters. The molecule has 4 nitrogen and oxygen atoms in total. The Labute approximate surface area is 184 Å². The predicted molar refractivity (Wildman–Crippen MR) is 125 cm³/mol. The molecule has 2 atom stereocenters. The van der Waals surface area contributed by atoms with Gasteiger partial charge in [-0.05, 0) is 68.4 Å². The molecule has 1 fully saturated rings. The van der Waals surface area contributed by atoms with E-state index in [4.69, 9.17) is 9.97 Å². The van der Waals surface area contributed by atoms with Gasteiger partial charge in [0.25, 0.3) is 0 Å². The second-order valence-electron chi connectivity index (χ2n) is 8.84. The SMILES string of the molecule is CCc1nc2c(C)cc(C)nc2n1C1CCCC2=CC(c3ccccc3C#N)=CCC21. The van der Waals surface area contributed by atoms with E-state index in [2.05, 4.69) is 55.7 Å². The molecule has 0 aliphatic heterocycles. The highest BCUT2D eigenvalue weighted by atomic mass is 15.2. The third-order valence-corrected chi connectivity index (χ3v) is 6.89. The summed E-state index contributed by atoms with van der Waals surface area (Å²) in [6, 6.07) is 12.8. The normalized spacial score (nSPS) is 20.7. The van der Waals surface area contributed by atoms with E-state index in [0.717, 1.165) is 59.5 Å². The van der Waals surface area contributed by atoms with Gasteiger partial charge in [0, 0.05) is 24.1 Å². The molecule has 2 aromatic heterocycles. The monoisotopic (exact) mass is 408 g/mol. The number of hydrogen-bond donors (Lipinski definition) is 0. The van der Waals surface area contributed by atoms with Gasteiger partial charge in [-0.3, -0.25) is 0 Å². The Kier molecular flexibility index (Phi) is 4.98. The van der Waals surface area contributed by atoms with Crippen LogP contribution in [0.15, 0.2) is 48.1 Å². The molecular weight excluding hydrogens is 380 g/mol. The molecule has 0 saturated heterocycles. The van der Waals surface area contributed by atoms with Gasteiger partial charge in [-0.2, -0.15) is 5.26 Å². The molecule has 0 N–H and O–H groups in total. The molecule has 0 spiro atoms. The highest BCUT2D eigenvalue weighted by Gasteiger charge is 2.34. The topological polar surface area (TPSA) is 54.5 Å². The van der Waals surface area contributed by atoms with Crippen LogP contribution >= 0.6 is 0 Å². The highest BCUT2D eigenvalue weighted by molar-refractivity contribution is 5.79. The molecule has 0 bridgehead atoms. The Morgan fingerprint density at radius 1 is 1.19 bits per heavy atom. The van der Waals surface area contributed by atoms with E-state index in [9.17, 15) is 5.26 Å². The summed E-state index contributed by atoms with van der Waals surface area (Å²) in [6.07, 6.45) is 10.1. The average molecular weight is 409 g/mol. The van der Waals surface area contributed by atoms with Crippen molar-refractivity contribution in [2.45, 2.75) is 58.9 Å². The summed E-state index contributed by atoms with van der Waals surface area (Å²) >= 11 is 0. The zero-order chi connectivity index (χ0) is 21.5. The quantitative estimate of drug-likeness (QED) is 0.516. The Balaban J connectivity index is 1.57. The molecule has 5 rings (SSSR count). The molecule has 156 valence electrons. The molecule has 0 amide bonds. The minimum Gasteiger partial charge on any atom is -0.309 e. The van der Waals surface area contributed by atoms with E-state index < -0.39 is 0 Å². The fourth-order valence-electron chi connectivity index (χ4n) is 5.50. The smallest absolute Gasteiger partial charge is 0.160 e. The van der Waals surface area contributed by atoms with E-state index in [-0.39, 0.29) is 0 Å². The third-order valence-electron chi connectivity index (χ3n) is 6.89. The first-order chi connectivity index (χ1) is 15.1. The Morgan fingerprint density at radius 3 is 2.84 bits per heavy atom. The van der Waals surface area contributed by atoms with Gasteiger partial charge in [0.05, 0.1) is 11.6 Å². The average Bonchev–Trinajstić information content (AvgIpc) is 3.17. The minimum atomic E-state index is 0.387. The number of benzene rings is 1. The fourth-order valence-corrected chi connectivity index (χ4v) is 5.50. The molecule has 31 heavy (non-hydrogen) atoms. The number of nitrogens with zero attached hydrogens (tertiary/aromatic N) is 4. The van der Waals surface area contributed by atoms with Crippen LogP contribution in [0.2, 0.25) is 0 Å². The van der Waals surface area contributed by atoms with Crippen LogP contribution in [-0.2, 0) is 6.42 Å². The van der Waals surface area contributed by atoms with E-state index in [0.29, 0.717) is 12.0 Å². The van der Waals surface area contributed by atoms with E-state index in [1.165, 1.54) is 23.1 Å². The fraction of sp³-hybridized carbons (Fsp3) is 0.370. The van der Waals surface area contributed by atoms with Crippen LogP contribution in [0.3, 0.4) is 0 Å². The van der Waals surface area contributed by atoms with Crippen LogP contribution in [0, 0.1) is 31.1 Å². The molecule has 2 aliphatic rings. The van der Waals surface area contributed by atoms with Crippen LogP contribution < -0.4 is 0 Å². The number of pyridine rings is 1. The van der Waals surface area contributed by atoms with Crippen molar-refractivity contribution in [3.05, 3.63) is 76.3 Å². The number of aromatic nitrogens is 3. The molecule has 2 heterocycles. The van der Waals surface area contributed by atoms with Crippen molar-refractivity contribution < 1.29 is 0 Å². The summed E-state index contributed by atoms with van der Waals surface area (Å²) in [5.74, 6) is 1.61. The van der Waals surface area contributed by atoms with Crippen molar-refractivity contribution in [3.63, 3.8) is 0 Å². The molecule has 1 aromatic carbocycles. The van der Waals surface area contributed by atoms with Crippen LogP contribution in [0.5, 0.6) is 0 Å². The van der Waals surface area contributed by atoms with E-state index in [1.807, 2.05) is 18.2 Å². The number of hydrogen-bond acceptors (Lipinski definition) is 3. The zero-order valence-corrected chi connectivity index (χ0v) is 18.5. The van der Waals surface area contributed by atoms with Gasteiger partial charge in [0.1, 0.15) is 11.3 Å². The van der Waals surface area contributed by atoms with Gasteiger partial charge in [0.15, 0.2) is 5.65 Å². The van der Waals surface area contributed by atoms with Crippen molar-refractivity contribution in [3.8, 4) is 6.07 Å². The maximum atomic E-state index is 9.54. The summed E-state index contributed by atoms with van der Waals surface area (Å²) in [6.45, 7) is 6.41. The first-order valence-corrected chi connectivity index (χ1v) is 11.4. The van der Waals surface area contributed by atoms with Crippen molar-refractivity contribution in [1.82, 2.24) is 14.5 Å². The lowest BCUT2D eigenvalue weighted by Gasteiger charge is -2.37. The molecule has 0 radical (unpaired) electrons. The van der Waals surface area contributed by atoms with Crippen LogP contribution in [0.25, 0.3) is 16.7 Å². The Morgan fingerprint density at radius 2 is 2.03 bits per heavy atom. The number of rotatable bonds is 3. The van der Waals surface area contributed by atoms with E-state index >= 15 is 0 Å². The van der Waals surface area contributed by atoms with Crippen molar-refractivity contribution >= 4 is 16.7 Å². The molecule has 2 aliphatic carbocycles. The number of fused-ring (bicyclic) bond motifs is 2. The summed E-state index contributed by atoms with van der Waals surface area (Å²) in [5, 5.41) is 9.54. The number of imidazole rings is 1. The summed E-state index contributed by atoms with van der Waals surface area (Å²) in [7, 11) is 0. The van der Waals surface area contributed by atoms with Gasteiger partial charge in [0.2, 0.25) is 0 Å². The van der Waals surface area contributed by atoms with Gasteiger partial charge >= 0.3 is 0 Å². The minimum absolute atomic E-state index is 0.387. The first-order valence-electron chi connectivity index (χ1n) is 11.4. The summed E-state index contributed by atoms with van der Waals surface area (Å²) in [4.78, 5) is 9.93. The van der Waals surface area contributed by atoms with Gasteiger partial charge in [-0.1, -0.05) is 42.8 Å². The number of nitriles is 1. The summed E-state index contributed by atoms with van der Waals surface area (Å²) in [5.41, 5.74) is 8.86. The Hall–Kier alpha value is -3.19. The highest BCUT2D eigenvalue weighted by Crippen LogP contribution is 2.45. The van der Waals surface area contributed by atoms with Crippen molar-refractivity contribution in [2.75, 3.05) is 0 Å². The van der Waals surface area contributed by atoms with Crippen LogP contribution in [0.4, 0.5) is 0 Å². The molecule has 4 heteroatoms. The van der Waals surface area contributed by atoms with Crippen molar-refractivity contribution in [1.29, 1.82) is 5.26 Å².